The average Bonchev–Trinajstić information content (AvgIpc) is 2.84. The van der Waals surface area contributed by atoms with Crippen LogP contribution in [0.4, 0.5) is 0 Å². The molecule has 1 saturated heterocycles. The first-order chi connectivity index (χ1) is 9.61. The van der Waals surface area contributed by atoms with Crippen molar-refractivity contribution in [2.45, 2.75) is 32.5 Å². The summed E-state index contributed by atoms with van der Waals surface area (Å²) in [5.41, 5.74) is 1.95. The van der Waals surface area contributed by atoms with Crippen LogP contribution in [-0.4, -0.2) is 49.1 Å². The third-order valence-corrected chi connectivity index (χ3v) is 3.87. The summed E-state index contributed by atoms with van der Waals surface area (Å²) in [5.74, 6) is 1.11. The topological polar surface area (TPSA) is 38.8 Å². The van der Waals surface area contributed by atoms with E-state index in [1.165, 1.54) is 0 Å². The normalized spacial score (nSPS) is 26.1. The number of Topliss-reactive ketones (excluding diaryl/α,β-unsaturated/α-hetero) is 1. The number of carbonyl (C=O) groups excluding carboxylic acids is 1. The summed E-state index contributed by atoms with van der Waals surface area (Å²) in [6.07, 6.45) is 1.29. The van der Waals surface area contributed by atoms with Crippen molar-refractivity contribution in [3.05, 3.63) is 29.3 Å². The molecule has 0 bridgehead atoms. The van der Waals surface area contributed by atoms with Crippen LogP contribution in [0.3, 0.4) is 0 Å². The Hall–Kier alpha value is -1.39. The van der Waals surface area contributed by atoms with E-state index in [1.807, 2.05) is 18.2 Å². The lowest BCUT2D eigenvalue weighted by molar-refractivity contribution is -0.0652. The highest BCUT2D eigenvalue weighted by Crippen LogP contribution is 2.26. The van der Waals surface area contributed by atoms with Crippen molar-refractivity contribution in [3.63, 3.8) is 0 Å². The smallest absolute Gasteiger partial charge is 0.176 e. The van der Waals surface area contributed by atoms with Gasteiger partial charge in [-0.25, -0.2) is 0 Å². The first-order valence-electron chi connectivity index (χ1n) is 7.28. The zero-order chi connectivity index (χ0) is 14.1. The largest absolute Gasteiger partial charge is 0.493 e. The summed E-state index contributed by atoms with van der Waals surface area (Å²) in [6.45, 7) is 6.96. The molecule has 0 aliphatic carbocycles. The highest BCUT2D eigenvalue weighted by molar-refractivity contribution is 5.98. The van der Waals surface area contributed by atoms with Gasteiger partial charge < -0.3 is 9.47 Å². The fourth-order valence-corrected chi connectivity index (χ4v) is 3.07. The minimum atomic E-state index is 0.181. The molecular weight excluding hydrogens is 254 g/mol. The molecule has 20 heavy (non-hydrogen) atoms. The first kappa shape index (κ1) is 13.6. The van der Waals surface area contributed by atoms with E-state index in [-0.39, 0.29) is 18.0 Å². The second-order valence-electron chi connectivity index (χ2n) is 5.80. The molecule has 0 spiro atoms. The van der Waals surface area contributed by atoms with E-state index in [0.717, 1.165) is 43.0 Å². The number of nitrogens with zero attached hydrogens (tertiary/aromatic N) is 1. The summed E-state index contributed by atoms with van der Waals surface area (Å²) < 4.78 is 11.2. The zero-order valence-electron chi connectivity index (χ0n) is 12.1. The van der Waals surface area contributed by atoms with Gasteiger partial charge in [0, 0.05) is 25.1 Å². The van der Waals surface area contributed by atoms with Gasteiger partial charge in [0.1, 0.15) is 5.75 Å². The third-order valence-electron chi connectivity index (χ3n) is 3.87. The van der Waals surface area contributed by atoms with Crippen LogP contribution in [0.25, 0.3) is 0 Å². The average molecular weight is 275 g/mol. The summed E-state index contributed by atoms with van der Waals surface area (Å²) in [7, 11) is 0. The third kappa shape index (κ3) is 2.86. The molecule has 3 rings (SSSR count). The molecule has 0 N–H and O–H groups in total. The van der Waals surface area contributed by atoms with E-state index in [2.05, 4.69) is 18.7 Å². The van der Waals surface area contributed by atoms with Gasteiger partial charge in [0.2, 0.25) is 0 Å². The van der Waals surface area contributed by atoms with Crippen LogP contribution >= 0.6 is 0 Å². The fourth-order valence-electron chi connectivity index (χ4n) is 3.07. The van der Waals surface area contributed by atoms with Gasteiger partial charge in [-0.3, -0.25) is 9.69 Å². The Balaban J connectivity index is 1.67. The van der Waals surface area contributed by atoms with Gasteiger partial charge >= 0.3 is 0 Å². The van der Waals surface area contributed by atoms with Crippen molar-refractivity contribution in [3.8, 4) is 5.75 Å². The second-order valence-corrected chi connectivity index (χ2v) is 5.80. The van der Waals surface area contributed by atoms with Crippen LogP contribution in [0.15, 0.2) is 18.2 Å². The Labute approximate surface area is 119 Å². The number of rotatable bonds is 3. The van der Waals surface area contributed by atoms with Gasteiger partial charge in [0.15, 0.2) is 5.78 Å². The quantitative estimate of drug-likeness (QED) is 0.790. The van der Waals surface area contributed by atoms with Gasteiger partial charge in [0.25, 0.3) is 0 Å². The number of hydrogen-bond donors (Lipinski definition) is 0. The first-order valence-corrected chi connectivity index (χ1v) is 7.28. The second kappa shape index (κ2) is 5.54. The van der Waals surface area contributed by atoms with E-state index in [1.54, 1.807) is 0 Å². The van der Waals surface area contributed by atoms with Crippen molar-refractivity contribution in [1.29, 1.82) is 0 Å². The highest BCUT2D eigenvalue weighted by Gasteiger charge is 2.24. The SMILES string of the molecule is C[C@@H]1CN(CC(=O)c2ccc3c(c2)CCO3)C[C@H](C)O1. The number of fused-ring (bicyclic) bond motifs is 1. The molecule has 0 saturated carbocycles. The summed E-state index contributed by atoms with van der Waals surface area (Å²) in [6, 6.07) is 5.78. The van der Waals surface area contributed by atoms with Crippen molar-refractivity contribution in [2.24, 2.45) is 0 Å². The fraction of sp³-hybridized carbons (Fsp3) is 0.562. The molecule has 0 amide bonds. The van der Waals surface area contributed by atoms with Crippen LogP contribution < -0.4 is 4.74 Å². The van der Waals surface area contributed by atoms with E-state index in [9.17, 15) is 4.79 Å². The van der Waals surface area contributed by atoms with Crippen molar-refractivity contribution >= 4 is 5.78 Å². The van der Waals surface area contributed by atoms with Gasteiger partial charge in [-0.05, 0) is 37.6 Å². The molecule has 0 radical (unpaired) electrons. The molecule has 4 nitrogen and oxygen atoms in total. The number of hydrogen-bond acceptors (Lipinski definition) is 4. The van der Waals surface area contributed by atoms with Crippen LogP contribution in [-0.2, 0) is 11.2 Å². The molecule has 1 fully saturated rings. The molecular formula is C16H21NO3. The molecule has 0 unspecified atom stereocenters. The predicted molar refractivity (Wildman–Crippen MR) is 76.4 cm³/mol. The number of ketones is 1. The molecule has 2 aliphatic rings. The van der Waals surface area contributed by atoms with Crippen LogP contribution in [0, 0.1) is 0 Å². The summed E-state index contributed by atoms with van der Waals surface area (Å²) >= 11 is 0. The highest BCUT2D eigenvalue weighted by atomic mass is 16.5. The molecule has 4 heteroatoms. The number of benzene rings is 1. The van der Waals surface area contributed by atoms with E-state index >= 15 is 0 Å². The number of morpholine rings is 1. The maximum Gasteiger partial charge on any atom is 0.176 e. The minimum absolute atomic E-state index is 0.181. The maximum atomic E-state index is 12.4. The Kier molecular flexibility index (Phi) is 3.76. The van der Waals surface area contributed by atoms with Gasteiger partial charge in [-0.15, -0.1) is 0 Å². The molecule has 1 aromatic carbocycles. The van der Waals surface area contributed by atoms with Gasteiger partial charge in [-0.1, -0.05) is 0 Å². The standard InChI is InChI=1S/C16H21NO3/c1-11-8-17(9-12(2)20-11)10-15(18)13-3-4-16-14(7-13)5-6-19-16/h3-4,7,11-12H,5-6,8-10H2,1-2H3/t11-,12+. The van der Waals surface area contributed by atoms with Crippen LogP contribution in [0.2, 0.25) is 0 Å². The Bertz CT molecular complexity index is 504. The van der Waals surface area contributed by atoms with Crippen molar-refractivity contribution in [2.75, 3.05) is 26.2 Å². The van der Waals surface area contributed by atoms with Gasteiger partial charge in [0.05, 0.1) is 25.4 Å². The van der Waals surface area contributed by atoms with Crippen LogP contribution in [0.1, 0.15) is 29.8 Å². The van der Waals surface area contributed by atoms with E-state index in [0.29, 0.717) is 6.54 Å². The molecule has 2 aliphatic heterocycles. The van der Waals surface area contributed by atoms with E-state index in [4.69, 9.17) is 9.47 Å². The zero-order valence-corrected chi connectivity index (χ0v) is 12.1. The van der Waals surface area contributed by atoms with Crippen LogP contribution in [0.5, 0.6) is 5.75 Å². The summed E-state index contributed by atoms with van der Waals surface area (Å²) in [5, 5.41) is 0. The number of carbonyl (C=O) groups is 1. The Morgan fingerprint density at radius 3 is 2.80 bits per heavy atom. The molecule has 1 aromatic rings. The molecule has 0 aromatic heterocycles. The van der Waals surface area contributed by atoms with Crippen molar-refractivity contribution in [1.82, 2.24) is 4.90 Å². The summed E-state index contributed by atoms with van der Waals surface area (Å²) in [4.78, 5) is 14.6. The van der Waals surface area contributed by atoms with E-state index < -0.39 is 0 Å². The van der Waals surface area contributed by atoms with Crippen molar-refractivity contribution < 1.29 is 14.3 Å². The monoisotopic (exact) mass is 275 g/mol. The Morgan fingerprint density at radius 1 is 1.30 bits per heavy atom. The predicted octanol–water partition coefficient (Wildman–Crippen LogP) is 1.91. The molecule has 108 valence electrons. The minimum Gasteiger partial charge on any atom is -0.493 e. The molecule has 2 heterocycles. The lowest BCUT2D eigenvalue weighted by Gasteiger charge is -2.34. The Morgan fingerprint density at radius 2 is 2.05 bits per heavy atom. The maximum absolute atomic E-state index is 12.4. The number of ether oxygens (including phenoxy) is 2. The molecule has 2 atom stereocenters. The lowest BCUT2D eigenvalue weighted by atomic mass is 10.0. The van der Waals surface area contributed by atoms with Gasteiger partial charge in [-0.2, -0.15) is 0 Å². The lowest BCUT2D eigenvalue weighted by Crippen LogP contribution is -2.47.